The lowest BCUT2D eigenvalue weighted by molar-refractivity contribution is 0.103. The van der Waals surface area contributed by atoms with Crippen LogP contribution in [0.3, 0.4) is 0 Å². The molecule has 0 atom stereocenters. The molecule has 0 spiro atoms. The second-order valence-corrected chi connectivity index (χ2v) is 5.39. The Morgan fingerprint density at radius 3 is 2.33 bits per heavy atom. The Hall–Kier alpha value is -1.12. The number of benzene rings is 2. The molecule has 0 bridgehead atoms. The summed E-state index contributed by atoms with van der Waals surface area (Å²) in [6.45, 7) is 2.09. The topological polar surface area (TPSA) is 17.1 Å². The summed E-state index contributed by atoms with van der Waals surface area (Å²) in [5.41, 5.74) is 2.50. The SMILES string of the molecule is CCc1ccc(C(=O)c2cc(Cl)cc(Br)c2)cc1. The fourth-order valence-electron chi connectivity index (χ4n) is 1.74. The lowest BCUT2D eigenvalue weighted by Gasteiger charge is -2.04. The summed E-state index contributed by atoms with van der Waals surface area (Å²) in [4.78, 5) is 12.3. The summed E-state index contributed by atoms with van der Waals surface area (Å²) in [5, 5.41) is 0.554. The molecule has 0 unspecified atom stereocenters. The quantitative estimate of drug-likeness (QED) is 0.735. The summed E-state index contributed by atoms with van der Waals surface area (Å²) in [5.74, 6) is -0.0131. The smallest absolute Gasteiger partial charge is 0.193 e. The minimum Gasteiger partial charge on any atom is -0.289 e. The van der Waals surface area contributed by atoms with Gasteiger partial charge in [0.25, 0.3) is 0 Å². The van der Waals surface area contributed by atoms with Crippen LogP contribution in [-0.4, -0.2) is 5.78 Å². The van der Waals surface area contributed by atoms with Crippen LogP contribution in [-0.2, 0) is 6.42 Å². The number of hydrogen-bond donors (Lipinski definition) is 0. The number of halogens is 2. The molecule has 0 aliphatic carbocycles. The van der Waals surface area contributed by atoms with Crippen molar-refractivity contribution in [3.05, 3.63) is 68.7 Å². The first-order valence-electron chi connectivity index (χ1n) is 5.70. The first-order valence-corrected chi connectivity index (χ1v) is 6.87. The molecule has 0 radical (unpaired) electrons. The molecule has 92 valence electrons. The Labute approximate surface area is 120 Å². The van der Waals surface area contributed by atoms with Gasteiger partial charge in [0.05, 0.1) is 0 Å². The Bertz CT molecular complexity index is 555. The van der Waals surface area contributed by atoms with Crippen LogP contribution in [0, 0.1) is 0 Å². The lowest BCUT2D eigenvalue weighted by atomic mass is 10.0. The van der Waals surface area contributed by atoms with E-state index in [0.717, 1.165) is 10.9 Å². The normalized spacial score (nSPS) is 10.4. The largest absolute Gasteiger partial charge is 0.289 e. The molecule has 2 aromatic rings. The number of aryl methyl sites for hydroxylation is 1. The van der Waals surface area contributed by atoms with E-state index >= 15 is 0 Å². The summed E-state index contributed by atoms with van der Waals surface area (Å²) in [7, 11) is 0. The monoisotopic (exact) mass is 322 g/mol. The molecule has 0 fully saturated rings. The van der Waals surface area contributed by atoms with Crippen LogP contribution in [0.2, 0.25) is 5.02 Å². The zero-order valence-electron chi connectivity index (χ0n) is 9.91. The molecule has 0 amide bonds. The number of carbonyl (C=O) groups excluding carboxylic acids is 1. The van der Waals surface area contributed by atoms with Gasteiger partial charge in [0, 0.05) is 20.6 Å². The second kappa shape index (κ2) is 5.68. The predicted octanol–water partition coefficient (Wildman–Crippen LogP) is 4.90. The van der Waals surface area contributed by atoms with Gasteiger partial charge in [-0.3, -0.25) is 4.79 Å². The van der Waals surface area contributed by atoms with Crippen molar-refractivity contribution in [3.8, 4) is 0 Å². The van der Waals surface area contributed by atoms with Gasteiger partial charge in [-0.15, -0.1) is 0 Å². The number of carbonyl (C=O) groups is 1. The maximum absolute atomic E-state index is 12.3. The van der Waals surface area contributed by atoms with Crippen LogP contribution >= 0.6 is 27.5 Å². The van der Waals surface area contributed by atoms with Gasteiger partial charge in [-0.2, -0.15) is 0 Å². The molecule has 2 aromatic carbocycles. The zero-order chi connectivity index (χ0) is 13.1. The van der Waals surface area contributed by atoms with Crippen molar-refractivity contribution >= 4 is 33.3 Å². The van der Waals surface area contributed by atoms with Crippen molar-refractivity contribution in [2.45, 2.75) is 13.3 Å². The Morgan fingerprint density at radius 1 is 1.11 bits per heavy atom. The van der Waals surface area contributed by atoms with Crippen molar-refractivity contribution in [2.75, 3.05) is 0 Å². The van der Waals surface area contributed by atoms with Crippen LogP contribution in [0.5, 0.6) is 0 Å². The molecule has 18 heavy (non-hydrogen) atoms. The maximum atomic E-state index is 12.3. The molecule has 0 heterocycles. The number of hydrogen-bond acceptors (Lipinski definition) is 1. The third-order valence-electron chi connectivity index (χ3n) is 2.75. The highest BCUT2D eigenvalue weighted by Crippen LogP contribution is 2.21. The van der Waals surface area contributed by atoms with Gasteiger partial charge < -0.3 is 0 Å². The van der Waals surface area contributed by atoms with Crippen molar-refractivity contribution < 1.29 is 4.79 Å². The van der Waals surface area contributed by atoms with Crippen molar-refractivity contribution in [1.29, 1.82) is 0 Å². The summed E-state index contributed by atoms with van der Waals surface area (Å²) in [6, 6.07) is 12.9. The molecular formula is C15H12BrClO. The maximum Gasteiger partial charge on any atom is 0.193 e. The highest BCUT2D eigenvalue weighted by Gasteiger charge is 2.10. The molecule has 0 N–H and O–H groups in total. The van der Waals surface area contributed by atoms with E-state index in [1.165, 1.54) is 5.56 Å². The molecule has 0 aromatic heterocycles. The fraction of sp³-hybridized carbons (Fsp3) is 0.133. The summed E-state index contributed by atoms with van der Waals surface area (Å²) in [6.07, 6.45) is 0.969. The van der Waals surface area contributed by atoms with E-state index in [1.54, 1.807) is 18.2 Å². The average Bonchev–Trinajstić information content (AvgIpc) is 2.37. The third kappa shape index (κ3) is 3.01. The van der Waals surface area contributed by atoms with Crippen molar-refractivity contribution in [2.24, 2.45) is 0 Å². The van der Waals surface area contributed by atoms with Crippen LogP contribution < -0.4 is 0 Å². The summed E-state index contributed by atoms with van der Waals surface area (Å²) >= 11 is 9.29. The molecule has 0 saturated heterocycles. The first-order chi connectivity index (χ1) is 8.60. The Kier molecular flexibility index (Phi) is 4.20. The van der Waals surface area contributed by atoms with E-state index in [4.69, 9.17) is 11.6 Å². The molecule has 1 nitrogen and oxygen atoms in total. The second-order valence-electron chi connectivity index (χ2n) is 4.04. The van der Waals surface area contributed by atoms with E-state index in [-0.39, 0.29) is 5.78 Å². The fourth-order valence-corrected chi connectivity index (χ4v) is 2.60. The standard InChI is InChI=1S/C15H12BrClO/c1-2-10-3-5-11(6-4-10)15(18)12-7-13(16)9-14(17)8-12/h3-9H,2H2,1H3. The van der Waals surface area contributed by atoms with Gasteiger partial charge in [-0.1, -0.05) is 58.7 Å². The average molecular weight is 324 g/mol. The molecule has 0 aliphatic rings. The Morgan fingerprint density at radius 2 is 1.78 bits per heavy atom. The van der Waals surface area contributed by atoms with E-state index in [2.05, 4.69) is 22.9 Å². The highest BCUT2D eigenvalue weighted by atomic mass is 79.9. The summed E-state index contributed by atoms with van der Waals surface area (Å²) < 4.78 is 0.809. The first kappa shape index (κ1) is 13.3. The van der Waals surface area contributed by atoms with Crippen LogP contribution in [0.25, 0.3) is 0 Å². The van der Waals surface area contributed by atoms with Gasteiger partial charge in [0.2, 0.25) is 0 Å². The predicted molar refractivity (Wildman–Crippen MR) is 78.4 cm³/mol. The van der Waals surface area contributed by atoms with Gasteiger partial charge in [0.15, 0.2) is 5.78 Å². The van der Waals surface area contributed by atoms with Gasteiger partial charge in [-0.25, -0.2) is 0 Å². The van der Waals surface area contributed by atoms with Crippen LogP contribution in [0.1, 0.15) is 28.4 Å². The number of ketones is 1. The van der Waals surface area contributed by atoms with E-state index in [1.807, 2.05) is 24.3 Å². The van der Waals surface area contributed by atoms with Crippen LogP contribution in [0.4, 0.5) is 0 Å². The van der Waals surface area contributed by atoms with Gasteiger partial charge in [-0.05, 0) is 30.2 Å². The van der Waals surface area contributed by atoms with Gasteiger partial charge in [0.1, 0.15) is 0 Å². The van der Waals surface area contributed by atoms with E-state index < -0.39 is 0 Å². The van der Waals surface area contributed by atoms with Crippen molar-refractivity contribution in [1.82, 2.24) is 0 Å². The molecular weight excluding hydrogens is 312 g/mol. The van der Waals surface area contributed by atoms with Crippen molar-refractivity contribution in [3.63, 3.8) is 0 Å². The Balaban J connectivity index is 2.34. The molecule has 0 aliphatic heterocycles. The van der Waals surface area contributed by atoms with E-state index in [9.17, 15) is 4.79 Å². The molecule has 2 rings (SSSR count). The third-order valence-corrected chi connectivity index (χ3v) is 3.43. The molecule has 3 heteroatoms. The molecule has 0 saturated carbocycles. The highest BCUT2D eigenvalue weighted by molar-refractivity contribution is 9.10. The van der Waals surface area contributed by atoms with E-state index in [0.29, 0.717) is 16.1 Å². The van der Waals surface area contributed by atoms with Crippen LogP contribution in [0.15, 0.2) is 46.9 Å². The zero-order valence-corrected chi connectivity index (χ0v) is 12.3. The minimum absolute atomic E-state index is 0.0131. The lowest BCUT2D eigenvalue weighted by Crippen LogP contribution is -2.01. The minimum atomic E-state index is -0.0131. The number of rotatable bonds is 3. The van der Waals surface area contributed by atoms with Gasteiger partial charge >= 0.3 is 0 Å².